The monoisotopic (exact) mass is 420 g/mol. The van der Waals surface area contributed by atoms with Crippen molar-refractivity contribution in [3.63, 3.8) is 0 Å². The molecule has 1 aliphatic rings. The zero-order valence-electron chi connectivity index (χ0n) is 16.1. The summed E-state index contributed by atoms with van der Waals surface area (Å²) in [7, 11) is -3.71. The Morgan fingerprint density at radius 1 is 1.10 bits per heavy atom. The molecule has 6 nitrogen and oxygen atoms in total. The standard InChI is InChI=1S/C21H25FN2O4S/c22-17-10-12-18(13-11-17)28-16-6-14-23-21(25)20-9-4-5-15-24(20)29(26,27)19-7-2-1-3-8-19/h1-3,7-8,10-13,20H,4-6,9,14-16H2,(H,23,25). The molecule has 29 heavy (non-hydrogen) atoms. The number of nitrogens with one attached hydrogen (secondary N) is 1. The third-order valence-corrected chi connectivity index (χ3v) is 6.73. The Bertz CT molecular complexity index is 904. The van der Waals surface area contributed by atoms with E-state index in [1.54, 1.807) is 42.5 Å². The fraction of sp³-hybridized carbons (Fsp3) is 0.381. The van der Waals surface area contributed by atoms with E-state index in [9.17, 15) is 17.6 Å². The number of hydrogen-bond acceptors (Lipinski definition) is 4. The van der Waals surface area contributed by atoms with Crippen LogP contribution in [0.3, 0.4) is 0 Å². The maximum absolute atomic E-state index is 13.0. The molecule has 1 unspecified atom stereocenters. The predicted octanol–water partition coefficient (Wildman–Crippen LogP) is 2.95. The number of halogens is 1. The van der Waals surface area contributed by atoms with E-state index in [1.165, 1.54) is 16.4 Å². The minimum absolute atomic E-state index is 0.201. The van der Waals surface area contributed by atoms with Gasteiger partial charge in [0.2, 0.25) is 15.9 Å². The molecule has 1 heterocycles. The fourth-order valence-electron chi connectivity index (χ4n) is 3.30. The smallest absolute Gasteiger partial charge is 0.243 e. The number of carbonyl (C=O) groups excluding carboxylic acids is 1. The van der Waals surface area contributed by atoms with E-state index in [4.69, 9.17) is 4.74 Å². The highest BCUT2D eigenvalue weighted by Gasteiger charge is 2.37. The van der Waals surface area contributed by atoms with Crippen LogP contribution in [0.1, 0.15) is 25.7 Å². The largest absolute Gasteiger partial charge is 0.494 e. The quantitative estimate of drug-likeness (QED) is 0.667. The number of hydrogen-bond donors (Lipinski definition) is 1. The predicted molar refractivity (Wildman–Crippen MR) is 107 cm³/mol. The van der Waals surface area contributed by atoms with E-state index in [2.05, 4.69) is 5.32 Å². The molecule has 1 saturated heterocycles. The molecule has 8 heteroatoms. The van der Waals surface area contributed by atoms with Crippen LogP contribution in [0.4, 0.5) is 4.39 Å². The molecule has 0 radical (unpaired) electrons. The molecule has 1 fully saturated rings. The number of carbonyl (C=O) groups is 1. The van der Waals surface area contributed by atoms with Crippen molar-refractivity contribution in [2.45, 2.75) is 36.6 Å². The number of amides is 1. The molecule has 2 aromatic rings. The molecular weight excluding hydrogens is 395 g/mol. The first-order chi connectivity index (χ1) is 14.0. The third-order valence-electron chi connectivity index (χ3n) is 4.81. The summed E-state index contributed by atoms with van der Waals surface area (Å²) in [6.45, 7) is 1.07. The first-order valence-corrected chi connectivity index (χ1v) is 11.2. The van der Waals surface area contributed by atoms with E-state index in [1.807, 2.05) is 0 Å². The SMILES string of the molecule is O=C(NCCCOc1ccc(F)cc1)C1CCCCN1S(=O)(=O)c1ccccc1. The van der Waals surface area contributed by atoms with Crippen LogP contribution in [0.2, 0.25) is 0 Å². The molecule has 0 aromatic heterocycles. The molecule has 1 atom stereocenters. The lowest BCUT2D eigenvalue weighted by molar-refractivity contribution is -0.125. The van der Waals surface area contributed by atoms with Gasteiger partial charge in [0, 0.05) is 13.1 Å². The van der Waals surface area contributed by atoms with Gasteiger partial charge in [-0.1, -0.05) is 24.6 Å². The third kappa shape index (κ3) is 5.55. The van der Waals surface area contributed by atoms with Crippen LogP contribution in [-0.2, 0) is 14.8 Å². The average Bonchev–Trinajstić information content (AvgIpc) is 2.75. The van der Waals surface area contributed by atoms with E-state index in [-0.39, 0.29) is 16.6 Å². The summed E-state index contributed by atoms with van der Waals surface area (Å²) in [5.74, 6) is -0.0526. The average molecular weight is 421 g/mol. The van der Waals surface area contributed by atoms with Crippen molar-refractivity contribution in [3.05, 3.63) is 60.4 Å². The van der Waals surface area contributed by atoms with Crippen LogP contribution in [-0.4, -0.2) is 44.4 Å². The highest BCUT2D eigenvalue weighted by atomic mass is 32.2. The number of benzene rings is 2. The molecule has 1 aliphatic heterocycles. The van der Waals surface area contributed by atoms with E-state index >= 15 is 0 Å². The van der Waals surface area contributed by atoms with Crippen molar-refractivity contribution in [2.75, 3.05) is 19.7 Å². The molecule has 0 saturated carbocycles. The Morgan fingerprint density at radius 3 is 2.55 bits per heavy atom. The molecule has 2 aromatic carbocycles. The van der Waals surface area contributed by atoms with Gasteiger partial charge >= 0.3 is 0 Å². The van der Waals surface area contributed by atoms with Crippen molar-refractivity contribution in [3.8, 4) is 5.75 Å². The Balaban J connectivity index is 1.52. The maximum Gasteiger partial charge on any atom is 0.243 e. The summed E-state index contributed by atoms with van der Waals surface area (Å²) in [4.78, 5) is 12.9. The van der Waals surface area contributed by atoms with Gasteiger partial charge in [-0.15, -0.1) is 0 Å². The number of sulfonamides is 1. The Labute approximate surface area is 170 Å². The number of ether oxygens (including phenoxy) is 1. The van der Waals surface area contributed by atoms with E-state index in [0.717, 1.165) is 12.8 Å². The summed E-state index contributed by atoms with van der Waals surface area (Å²) >= 11 is 0. The lowest BCUT2D eigenvalue weighted by Crippen LogP contribution is -2.52. The highest BCUT2D eigenvalue weighted by Crippen LogP contribution is 2.25. The fourth-order valence-corrected chi connectivity index (χ4v) is 4.98. The van der Waals surface area contributed by atoms with Gasteiger partial charge < -0.3 is 10.1 Å². The van der Waals surface area contributed by atoms with Gasteiger partial charge in [0.15, 0.2) is 0 Å². The number of nitrogens with zero attached hydrogens (tertiary/aromatic N) is 1. The molecular formula is C21H25FN2O4S. The molecule has 0 spiro atoms. The van der Waals surface area contributed by atoms with E-state index < -0.39 is 16.1 Å². The lowest BCUT2D eigenvalue weighted by Gasteiger charge is -2.33. The van der Waals surface area contributed by atoms with Crippen molar-refractivity contribution in [2.24, 2.45) is 0 Å². The first-order valence-electron chi connectivity index (χ1n) is 9.71. The Kier molecular flexibility index (Phi) is 7.22. The van der Waals surface area contributed by atoms with Crippen LogP contribution in [0.5, 0.6) is 5.75 Å². The highest BCUT2D eigenvalue weighted by molar-refractivity contribution is 7.89. The van der Waals surface area contributed by atoms with Crippen molar-refractivity contribution < 1.29 is 22.3 Å². The van der Waals surface area contributed by atoms with Gasteiger partial charge in [-0.3, -0.25) is 4.79 Å². The molecule has 0 bridgehead atoms. The van der Waals surface area contributed by atoms with Crippen LogP contribution in [0.25, 0.3) is 0 Å². The van der Waals surface area contributed by atoms with Gasteiger partial charge in [0.25, 0.3) is 0 Å². The number of piperidine rings is 1. The summed E-state index contributed by atoms with van der Waals surface area (Å²) in [6.07, 6.45) is 2.61. The Hall–Kier alpha value is -2.45. The number of rotatable bonds is 8. The van der Waals surface area contributed by atoms with Gasteiger partial charge in [0.1, 0.15) is 17.6 Å². The summed E-state index contributed by atoms with van der Waals surface area (Å²) < 4.78 is 45.6. The van der Waals surface area contributed by atoms with Gasteiger partial charge in [-0.2, -0.15) is 4.31 Å². The molecule has 1 N–H and O–H groups in total. The minimum atomic E-state index is -3.71. The zero-order valence-corrected chi connectivity index (χ0v) is 16.9. The summed E-state index contributed by atoms with van der Waals surface area (Å²) in [6, 6.07) is 13.2. The van der Waals surface area contributed by atoms with Crippen molar-refractivity contribution >= 4 is 15.9 Å². The second kappa shape index (κ2) is 9.84. The topological polar surface area (TPSA) is 75.7 Å². The van der Waals surface area contributed by atoms with Gasteiger partial charge in [0.05, 0.1) is 11.5 Å². The summed E-state index contributed by atoms with van der Waals surface area (Å²) in [5.41, 5.74) is 0. The van der Waals surface area contributed by atoms with Crippen LogP contribution < -0.4 is 10.1 Å². The summed E-state index contributed by atoms with van der Waals surface area (Å²) in [5, 5.41) is 2.82. The second-order valence-electron chi connectivity index (χ2n) is 6.89. The molecule has 3 rings (SSSR count). The minimum Gasteiger partial charge on any atom is -0.494 e. The van der Waals surface area contributed by atoms with E-state index in [0.29, 0.717) is 38.3 Å². The van der Waals surface area contributed by atoms with Crippen LogP contribution in [0.15, 0.2) is 59.5 Å². The molecule has 156 valence electrons. The molecule has 0 aliphatic carbocycles. The Morgan fingerprint density at radius 2 is 1.83 bits per heavy atom. The first kappa shape index (κ1) is 21.3. The zero-order chi connectivity index (χ0) is 20.7. The normalized spacial score (nSPS) is 17.6. The maximum atomic E-state index is 13.0. The van der Waals surface area contributed by atoms with Crippen LogP contribution in [0, 0.1) is 5.82 Å². The van der Waals surface area contributed by atoms with Crippen LogP contribution >= 0.6 is 0 Å². The van der Waals surface area contributed by atoms with Crippen molar-refractivity contribution in [1.82, 2.24) is 9.62 Å². The molecule has 1 amide bonds. The van der Waals surface area contributed by atoms with Gasteiger partial charge in [-0.05, 0) is 55.7 Å². The second-order valence-corrected chi connectivity index (χ2v) is 8.78. The van der Waals surface area contributed by atoms with Crippen molar-refractivity contribution in [1.29, 1.82) is 0 Å². The van der Waals surface area contributed by atoms with Gasteiger partial charge in [-0.25, -0.2) is 12.8 Å². The lowest BCUT2D eigenvalue weighted by atomic mass is 10.0.